The fourth-order valence-electron chi connectivity index (χ4n) is 3.56. The molecule has 10 heteroatoms. The number of rotatable bonds is 8. The van der Waals surface area contributed by atoms with Gasteiger partial charge in [0.25, 0.3) is 5.91 Å². The van der Waals surface area contributed by atoms with Crippen LogP contribution < -0.4 is 10.2 Å². The highest BCUT2D eigenvalue weighted by molar-refractivity contribution is 7.89. The molecule has 1 atom stereocenters. The summed E-state index contributed by atoms with van der Waals surface area (Å²) in [5.74, 6) is -0.558. The van der Waals surface area contributed by atoms with E-state index in [-0.39, 0.29) is 17.4 Å². The van der Waals surface area contributed by atoms with E-state index in [0.717, 1.165) is 4.31 Å². The lowest BCUT2D eigenvalue weighted by Crippen LogP contribution is -2.53. The number of sulfonamides is 1. The zero-order chi connectivity index (χ0) is 21.6. The van der Waals surface area contributed by atoms with Crippen LogP contribution in [0.2, 0.25) is 0 Å². The van der Waals surface area contributed by atoms with Gasteiger partial charge in [0.15, 0.2) is 0 Å². The summed E-state index contributed by atoms with van der Waals surface area (Å²) in [6.45, 7) is 0.795. The molecule has 1 amide bonds. The smallest absolute Gasteiger partial charge is 0.262 e. The Labute approximate surface area is 175 Å². The third kappa shape index (κ3) is 4.96. The molecule has 0 aliphatic carbocycles. The molecule has 0 spiro atoms. The Morgan fingerprint density at radius 3 is 2.43 bits per heavy atom. The van der Waals surface area contributed by atoms with Gasteiger partial charge < -0.3 is 9.47 Å². The minimum absolute atomic E-state index is 0.0279. The number of hydroxylamine groups is 1. The summed E-state index contributed by atoms with van der Waals surface area (Å²) in [7, 11) is -2.59. The van der Waals surface area contributed by atoms with Crippen molar-refractivity contribution in [3.63, 3.8) is 0 Å². The summed E-state index contributed by atoms with van der Waals surface area (Å²) in [4.78, 5) is 16.7. The van der Waals surface area contributed by atoms with Gasteiger partial charge in [0.1, 0.15) is 11.8 Å². The molecule has 1 aliphatic rings. The highest BCUT2D eigenvalue weighted by Gasteiger charge is 2.41. The van der Waals surface area contributed by atoms with Crippen molar-refractivity contribution < 1.29 is 27.9 Å². The van der Waals surface area contributed by atoms with Crippen LogP contribution in [0.3, 0.4) is 0 Å². The summed E-state index contributed by atoms with van der Waals surface area (Å²) >= 11 is 0. The molecule has 0 saturated carbocycles. The van der Waals surface area contributed by atoms with Crippen LogP contribution in [-0.2, 0) is 26.1 Å². The summed E-state index contributed by atoms with van der Waals surface area (Å²) < 4.78 is 38.9. The quantitative estimate of drug-likeness (QED) is 0.477. The van der Waals surface area contributed by atoms with Crippen molar-refractivity contribution in [3.05, 3.63) is 54.4 Å². The van der Waals surface area contributed by atoms with Gasteiger partial charge in [0.2, 0.25) is 10.0 Å². The van der Waals surface area contributed by atoms with Crippen molar-refractivity contribution in [1.29, 1.82) is 0 Å². The van der Waals surface area contributed by atoms with E-state index in [1.807, 2.05) is 0 Å². The van der Waals surface area contributed by atoms with Crippen LogP contribution >= 0.6 is 0 Å². The van der Waals surface area contributed by atoms with Crippen LogP contribution in [0.1, 0.15) is 18.4 Å². The van der Waals surface area contributed by atoms with Crippen LogP contribution in [0.5, 0.6) is 5.75 Å². The van der Waals surface area contributed by atoms with Gasteiger partial charge in [0.05, 0.1) is 12.0 Å². The number of carbonyl (C=O) groups excluding carboxylic acids is 1. The van der Waals surface area contributed by atoms with Crippen molar-refractivity contribution in [2.75, 3.05) is 20.3 Å². The van der Waals surface area contributed by atoms with E-state index in [1.165, 1.54) is 19.2 Å². The molecule has 1 aromatic heterocycles. The fraction of sp³-hybridized carbons (Fsp3) is 0.400. The van der Waals surface area contributed by atoms with Gasteiger partial charge in [-0.25, -0.2) is 13.9 Å². The molecule has 162 valence electrons. The number of hydrogen-bond acceptors (Lipinski definition) is 7. The molecule has 30 heavy (non-hydrogen) atoms. The highest BCUT2D eigenvalue weighted by atomic mass is 32.2. The topological polar surface area (TPSA) is 118 Å². The molecule has 2 N–H and O–H groups in total. The van der Waals surface area contributed by atoms with E-state index >= 15 is 0 Å². The molecule has 3 rings (SSSR count). The lowest BCUT2D eigenvalue weighted by Gasteiger charge is -2.36. The second-order valence-electron chi connectivity index (χ2n) is 6.95. The van der Waals surface area contributed by atoms with Crippen LogP contribution in [-0.4, -0.2) is 55.2 Å². The highest BCUT2D eigenvalue weighted by Crippen LogP contribution is 2.30. The van der Waals surface area contributed by atoms with Crippen molar-refractivity contribution in [1.82, 2.24) is 14.8 Å². The summed E-state index contributed by atoms with van der Waals surface area (Å²) in [6, 6.07) is 8.25. The Morgan fingerprint density at radius 2 is 1.87 bits per heavy atom. The number of amides is 1. The van der Waals surface area contributed by atoms with Crippen LogP contribution in [0.15, 0.2) is 53.7 Å². The lowest BCUT2D eigenvalue weighted by atomic mass is 9.91. The van der Waals surface area contributed by atoms with Gasteiger partial charge in [0, 0.05) is 32.2 Å². The monoisotopic (exact) mass is 435 g/mol. The molecule has 0 unspecified atom stereocenters. The number of methoxy groups -OCH3 is 1. The first kappa shape index (κ1) is 22.2. The summed E-state index contributed by atoms with van der Waals surface area (Å²) in [5, 5.41) is 9.38. The van der Waals surface area contributed by atoms with Crippen LogP contribution in [0.25, 0.3) is 0 Å². The van der Waals surface area contributed by atoms with E-state index in [9.17, 15) is 18.4 Å². The van der Waals surface area contributed by atoms with E-state index in [0.29, 0.717) is 37.4 Å². The molecular formula is C20H25N3O6S. The van der Waals surface area contributed by atoms with E-state index in [2.05, 4.69) is 4.98 Å². The average molecular weight is 436 g/mol. The molecular weight excluding hydrogens is 410 g/mol. The molecule has 1 aromatic carbocycles. The predicted molar refractivity (Wildman–Crippen MR) is 107 cm³/mol. The molecule has 2 aromatic rings. The Morgan fingerprint density at radius 1 is 1.23 bits per heavy atom. The first-order valence-electron chi connectivity index (χ1n) is 9.54. The average Bonchev–Trinajstić information content (AvgIpc) is 2.80. The summed E-state index contributed by atoms with van der Waals surface area (Å²) in [5.41, 5.74) is 2.32. The number of benzene rings is 1. The van der Waals surface area contributed by atoms with Gasteiger partial charge in [-0.05, 0) is 60.7 Å². The number of hydrogen-bond donors (Lipinski definition) is 2. The minimum Gasteiger partial charge on any atom is -0.497 e. The van der Waals surface area contributed by atoms with Crippen molar-refractivity contribution in [3.8, 4) is 5.75 Å². The van der Waals surface area contributed by atoms with Crippen molar-refractivity contribution >= 4 is 15.9 Å². The summed E-state index contributed by atoms with van der Waals surface area (Å²) in [6.07, 6.45) is 4.12. The minimum atomic E-state index is -4.08. The van der Waals surface area contributed by atoms with Gasteiger partial charge in [-0.3, -0.25) is 15.0 Å². The fourth-order valence-corrected chi connectivity index (χ4v) is 5.20. The second-order valence-corrected chi connectivity index (χ2v) is 8.84. The molecule has 1 saturated heterocycles. The Hall–Kier alpha value is -2.53. The number of nitrogens with one attached hydrogen (secondary N) is 1. The third-order valence-corrected chi connectivity index (χ3v) is 7.00. The maximum absolute atomic E-state index is 13.6. The number of nitrogens with zero attached hydrogens (tertiary/aromatic N) is 2. The second kappa shape index (κ2) is 9.98. The molecule has 2 heterocycles. The van der Waals surface area contributed by atoms with Crippen molar-refractivity contribution in [2.45, 2.75) is 30.3 Å². The van der Waals surface area contributed by atoms with E-state index in [1.54, 1.807) is 42.1 Å². The van der Waals surface area contributed by atoms with Gasteiger partial charge in [-0.2, -0.15) is 4.31 Å². The molecule has 9 nitrogen and oxygen atoms in total. The molecule has 1 aliphatic heterocycles. The van der Waals surface area contributed by atoms with Gasteiger partial charge in [-0.1, -0.05) is 0 Å². The SMILES string of the molecule is COc1ccc(S(=O)(=O)N(Cc2ccncc2)[C@@H](C(=O)NO)C2CCOCC2)cc1. The predicted octanol–water partition coefficient (Wildman–Crippen LogP) is 1.58. The maximum Gasteiger partial charge on any atom is 0.262 e. The van der Waals surface area contributed by atoms with Crippen LogP contribution in [0, 0.1) is 5.92 Å². The number of carbonyl (C=O) groups is 1. The Bertz CT molecular complexity index is 931. The van der Waals surface area contributed by atoms with E-state index in [4.69, 9.17) is 9.47 Å². The van der Waals surface area contributed by atoms with Crippen LogP contribution in [0.4, 0.5) is 0 Å². The largest absolute Gasteiger partial charge is 0.497 e. The van der Waals surface area contributed by atoms with E-state index < -0.39 is 22.0 Å². The third-order valence-electron chi connectivity index (χ3n) is 5.16. The molecule has 0 bridgehead atoms. The first-order chi connectivity index (χ1) is 14.5. The van der Waals surface area contributed by atoms with Gasteiger partial charge in [-0.15, -0.1) is 0 Å². The zero-order valence-corrected chi connectivity index (χ0v) is 17.4. The number of ether oxygens (including phenoxy) is 2. The first-order valence-corrected chi connectivity index (χ1v) is 11.0. The lowest BCUT2D eigenvalue weighted by molar-refractivity contribution is -0.136. The number of pyridine rings is 1. The normalized spacial score (nSPS) is 16.2. The van der Waals surface area contributed by atoms with Gasteiger partial charge >= 0.3 is 0 Å². The standard InChI is InChI=1S/C20H25N3O6S/c1-28-17-2-4-18(5-3-17)30(26,27)23(14-15-6-10-21-11-7-15)19(20(24)22-25)16-8-12-29-13-9-16/h2-7,10-11,16,19,25H,8-9,12-14H2,1H3,(H,22,24)/t19-/m1/s1. The maximum atomic E-state index is 13.6. The Balaban J connectivity index is 2.05. The number of aromatic nitrogens is 1. The zero-order valence-electron chi connectivity index (χ0n) is 16.6. The Kier molecular flexibility index (Phi) is 7.38. The van der Waals surface area contributed by atoms with Crippen molar-refractivity contribution in [2.24, 2.45) is 5.92 Å². The molecule has 0 radical (unpaired) electrons. The molecule has 1 fully saturated rings.